The van der Waals surface area contributed by atoms with Crippen molar-refractivity contribution in [3.63, 3.8) is 0 Å². The summed E-state index contributed by atoms with van der Waals surface area (Å²) in [6, 6.07) is -0.247. The van der Waals surface area contributed by atoms with Crippen LogP contribution in [0.5, 0.6) is 0 Å². The van der Waals surface area contributed by atoms with E-state index in [-0.39, 0.29) is 23.6 Å². The predicted molar refractivity (Wildman–Crippen MR) is 74.8 cm³/mol. The highest BCUT2D eigenvalue weighted by molar-refractivity contribution is 5.82. The molecule has 1 amide bonds. The molecule has 0 aromatic carbocycles. The van der Waals surface area contributed by atoms with E-state index in [0.717, 1.165) is 19.4 Å². The van der Waals surface area contributed by atoms with E-state index in [1.54, 1.807) is 0 Å². The zero-order chi connectivity index (χ0) is 13.7. The van der Waals surface area contributed by atoms with Crippen molar-refractivity contribution in [2.45, 2.75) is 63.1 Å². The van der Waals surface area contributed by atoms with Gasteiger partial charge in [0, 0.05) is 18.6 Å². The minimum Gasteiger partial charge on any atom is -0.375 e. The molecule has 0 unspecified atom stereocenters. The lowest BCUT2D eigenvalue weighted by Gasteiger charge is -2.32. The second-order valence-electron chi connectivity index (χ2n) is 6.00. The van der Waals surface area contributed by atoms with Crippen molar-refractivity contribution < 1.29 is 9.53 Å². The molecular weight excluding hydrogens is 242 g/mol. The standard InChI is InChI=1S/C14H27N3O2/c1-11-12(16-8-9-19-11)13(18)17-10-14(15)6-4-2-3-5-7-14/h11-12,16H,2-10,15H2,1H3,(H,17,18)/t11-,12+/m1/s1. The Labute approximate surface area is 115 Å². The van der Waals surface area contributed by atoms with Crippen molar-refractivity contribution in [3.8, 4) is 0 Å². The van der Waals surface area contributed by atoms with Gasteiger partial charge in [-0.1, -0.05) is 25.7 Å². The number of morpholine rings is 1. The highest BCUT2D eigenvalue weighted by Gasteiger charge is 2.31. The van der Waals surface area contributed by atoms with Gasteiger partial charge in [-0.25, -0.2) is 0 Å². The molecule has 2 rings (SSSR count). The Balaban J connectivity index is 1.81. The van der Waals surface area contributed by atoms with Crippen LogP contribution in [-0.4, -0.2) is 43.3 Å². The smallest absolute Gasteiger partial charge is 0.239 e. The molecule has 5 heteroatoms. The summed E-state index contributed by atoms with van der Waals surface area (Å²) in [4.78, 5) is 12.2. The van der Waals surface area contributed by atoms with Crippen LogP contribution >= 0.6 is 0 Å². The molecule has 0 bridgehead atoms. The summed E-state index contributed by atoms with van der Waals surface area (Å²) in [5, 5.41) is 6.22. The van der Waals surface area contributed by atoms with Gasteiger partial charge in [-0.3, -0.25) is 4.79 Å². The highest BCUT2D eigenvalue weighted by atomic mass is 16.5. The van der Waals surface area contributed by atoms with Gasteiger partial charge in [-0.2, -0.15) is 0 Å². The van der Waals surface area contributed by atoms with Gasteiger partial charge in [0.2, 0.25) is 5.91 Å². The Kier molecular flexibility index (Phi) is 5.19. The van der Waals surface area contributed by atoms with E-state index in [2.05, 4.69) is 10.6 Å². The topological polar surface area (TPSA) is 76.4 Å². The van der Waals surface area contributed by atoms with E-state index in [1.807, 2.05) is 6.92 Å². The maximum atomic E-state index is 12.2. The van der Waals surface area contributed by atoms with Gasteiger partial charge in [0.05, 0.1) is 12.7 Å². The monoisotopic (exact) mass is 269 g/mol. The number of rotatable bonds is 3. The van der Waals surface area contributed by atoms with Gasteiger partial charge in [-0.05, 0) is 19.8 Å². The summed E-state index contributed by atoms with van der Waals surface area (Å²) in [5.74, 6) is 0.0151. The first-order valence-corrected chi connectivity index (χ1v) is 7.52. The van der Waals surface area contributed by atoms with E-state index in [1.165, 1.54) is 25.7 Å². The normalized spacial score (nSPS) is 31.5. The van der Waals surface area contributed by atoms with Crippen LogP contribution in [0.2, 0.25) is 0 Å². The third kappa shape index (κ3) is 4.16. The van der Waals surface area contributed by atoms with Crippen LogP contribution in [0.3, 0.4) is 0 Å². The van der Waals surface area contributed by atoms with Crippen LogP contribution in [0, 0.1) is 0 Å². The number of amides is 1. The summed E-state index contributed by atoms with van der Waals surface area (Å²) in [6.07, 6.45) is 6.83. The Bertz CT molecular complexity index is 301. The summed E-state index contributed by atoms with van der Waals surface area (Å²) < 4.78 is 5.49. The van der Waals surface area contributed by atoms with Crippen molar-refractivity contribution in [1.29, 1.82) is 0 Å². The van der Waals surface area contributed by atoms with E-state index in [4.69, 9.17) is 10.5 Å². The molecule has 19 heavy (non-hydrogen) atoms. The lowest BCUT2D eigenvalue weighted by atomic mass is 9.91. The lowest BCUT2D eigenvalue weighted by Crippen LogP contribution is -2.58. The summed E-state index contributed by atoms with van der Waals surface area (Å²) >= 11 is 0. The molecule has 2 atom stereocenters. The van der Waals surface area contributed by atoms with Crippen LogP contribution in [0.25, 0.3) is 0 Å². The Morgan fingerprint density at radius 2 is 2.05 bits per heavy atom. The van der Waals surface area contributed by atoms with Gasteiger partial charge in [0.15, 0.2) is 0 Å². The molecule has 2 fully saturated rings. The van der Waals surface area contributed by atoms with Gasteiger partial charge < -0.3 is 21.1 Å². The van der Waals surface area contributed by atoms with Crippen molar-refractivity contribution in [2.24, 2.45) is 5.73 Å². The number of ether oxygens (including phenoxy) is 1. The van der Waals surface area contributed by atoms with Crippen molar-refractivity contribution >= 4 is 5.91 Å². The minimum absolute atomic E-state index is 0.0151. The van der Waals surface area contributed by atoms with Gasteiger partial charge >= 0.3 is 0 Å². The fourth-order valence-corrected chi connectivity index (χ4v) is 3.01. The Morgan fingerprint density at radius 1 is 1.37 bits per heavy atom. The molecule has 0 aromatic rings. The molecule has 0 spiro atoms. The second-order valence-corrected chi connectivity index (χ2v) is 6.00. The third-order valence-corrected chi connectivity index (χ3v) is 4.31. The molecule has 1 aliphatic heterocycles. The molecular formula is C14H27N3O2. The summed E-state index contributed by atoms with van der Waals surface area (Å²) in [6.45, 7) is 3.92. The van der Waals surface area contributed by atoms with E-state index in [9.17, 15) is 4.79 Å². The van der Waals surface area contributed by atoms with Crippen molar-refractivity contribution in [3.05, 3.63) is 0 Å². The van der Waals surface area contributed by atoms with Gasteiger partial charge in [-0.15, -0.1) is 0 Å². The molecule has 2 aliphatic rings. The van der Waals surface area contributed by atoms with Crippen LogP contribution in [-0.2, 0) is 9.53 Å². The Hall–Kier alpha value is -0.650. The van der Waals surface area contributed by atoms with Crippen molar-refractivity contribution in [1.82, 2.24) is 10.6 Å². The van der Waals surface area contributed by atoms with Crippen LogP contribution in [0.15, 0.2) is 0 Å². The molecule has 5 nitrogen and oxygen atoms in total. The summed E-state index contributed by atoms with van der Waals surface area (Å²) in [7, 11) is 0. The number of hydrogen-bond acceptors (Lipinski definition) is 4. The molecule has 1 saturated carbocycles. The quantitative estimate of drug-likeness (QED) is 0.653. The number of nitrogens with two attached hydrogens (primary N) is 1. The predicted octanol–water partition coefficient (Wildman–Crippen LogP) is 0.531. The SMILES string of the molecule is C[C@H]1OCCN[C@@H]1C(=O)NCC1(N)CCCCCC1. The lowest BCUT2D eigenvalue weighted by molar-refractivity contribution is -0.129. The molecule has 4 N–H and O–H groups in total. The van der Waals surface area contributed by atoms with Crippen LogP contribution < -0.4 is 16.4 Å². The van der Waals surface area contributed by atoms with E-state index in [0.29, 0.717) is 13.2 Å². The minimum atomic E-state index is -0.247. The largest absolute Gasteiger partial charge is 0.375 e. The molecule has 0 aromatic heterocycles. The zero-order valence-corrected chi connectivity index (χ0v) is 11.9. The maximum Gasteiger partial charge on any atom is 0.239 e. The van der Waals surface area contributed by atoms with Crippen molar-refractivity contribution in [2.75, 3.05) is 19.7 Å². The molecule has 1 heterocycles. The van der Waals surface area contributed by atoms with E-state index >= 15 is 0 Å². The first-order valence-electron chi connectivity index (χ1n) is 7.52. The molecule has 110 valence electrons. The molecule has 1 saturated heterocycles. The van der Waals surface area contributed by atoms with E-state index < -0.39 is 0 Å². The second kappa shape index (κ2) is 6.68. The fraction of sp³-hybridized carbons (Fsp3) is 0.929. The number of carbonyl (C=O) groups is 1. The van der Waals surface area contributed by atoms with Crippen LogP contribution in [0.1, 0.15) is 45.4 Å². The Morgan fingerprint density at radius 3 is 2.68 bits per heavy atom. The number of carbonyl (C=O) groups excluding carboxylic acids is 1. The molecule has 1 aliphatic carbocycles. The summed E-state index contributed by atoms with van der Waals surface area (Å²) in [5.41, 5.74) is 6.19. The fourth-order valence-electron chi connectivity index (χ4n) is 3.01. The average molecular weight is 269 g/mol. The molecule has 0 radical (unpaired) electrons. The first kappa shape index (κ1) is 14.8. The average Bonchev–Trinajstić information content (AvgIpc) is 2.62. The zero-order valence-electron chi connectivity index (χ0n) is 11.9. The number of nitrogens with one attached hydrogen (secondary N) is 2. The maximum absolute atomic E-state index is 12.2. The van der Waals surface area contributed by atoms with Gasteiger partial charge in [0.25, 0.3) is 0 Å². The first-order chi connectivity index (χ1) is 9.11. The van der Waals surface area contributed by atoms with Gasteiger partial charge in [0.1, 0.15) is 6.04 Å². The third-order valence-electron chi connectivity index (χ3n) is 4.31. The van der Waals surface area contributed by atoms with Crippen LogP contribution in [0.4, 0.5) is 0 Å². The number of hydrogen-bond donors (Lipinski definition) is 3. The highest BCUT2D eigenvalue weighted by Crippen LogP contribution is 2.24.